The minimum Gasteiger partial charge on any atom is -0.385 e. The van der Waals surface area contributed by atoms with Gasteiger partial charge in [-0.15, -0.1) is 0 Å². The number of carbonyl (C=O) groups excluding carboxylic acids is 4. The Morgan fingerprint density at radius 2 is 1.32 bits per heavy atom. The molecule has 0 bridgehead atoms. The number of thiol groups is 1. The second-order valence-electron chi connectivity index (χ2n) is 9.76. The highest BCUT2D eigenvalue weighted by Crippen LogP contribution is 2.30. The fraction of sp³-hybridized carbons (Fsp3) is 0.692. The molecule has 0 aromatic heterocycles. The lowest BCUT2D eigenvalue weighted by Crippen LogP contribution is -2.50. The molecule has 2 fully saturated rings. The van der Waals surface area contributed by atoms with Crippen molar-refractivity contribution in [2.75, 3.05) is 32.1 Å². The summed E-state index contributed by atoms with van der Waals surface area (Å²) in [7, 11) is 0. The first-order valence-electron chi connectivity index (χ1n) is 13.1. The maximum atomic E-state index is 13.1. The van der Waals surface area contributed by atoms with Crippen molar-refractivity contribution in [1.82, 2.24) is 26.6 Å². The third-order valence-corrected chi connectivity index (χ3v) is 6.78. The number of amides is 3. The number of hydrogen-bond donors (Lipinski definition) is 6. The Hall–Kier alpha value is -2.53. The standard InChI is InChI=1S/C26H43N5O5S/c1-16(32)13-36-14-22(33)29-18(3)25(21-9-6-10-21)30-19(4)26(35)31-17(2)24(20-7-5-8-20)28-12-11-27-23(34)15-37/h17-19,28,30,37H,5-15H2,1-4H3,(H,27,34)(H,29,33)(H,31,35). The molecule has 208 valence electrons. The van der Waals surface area contributed by atoms with Crippen LogP contribution < -0.4 is 26.6 Å². The molecule has 2 rings (SSSR count). The largest absolute Gasteiger partial charge is 0.385 e. The SMILES string of the molecule is CC(=O)COCC(=O)NC(C)C(NC(C)C(=O)NC(C)C(NCCNC(=O)CS)=C1CCC1)=C1CCC1. The predicted molar refractivity (Wildman–Crippen MR) is 146 cm³/mol. The Kier molecular flexibility index (Phi) is 13.0. The van der Waals surface area contributed by atoms with Gasteiger partial charge in [-0.25, -0.2) is 0 Å². The molecule has 2 saturated carbocycles. The molecule has 10 nitrogen and oxygen atoms in total. The molecule has 0 spiro atoms. The number of Topliss-reactive ketones (excluding diaryl/α,β-unsaturated/α-hetero) is 1. The van der Waals surface area contributed by atoms with E-state index in [4.69, 9.17) is 4.74 Å². The molecule has 3 atom stereocenters. The van der Waals surface area contributed by atoms with Crippen molar-refractivity contribution in [3.8, 4) is 0 Å². The Labute approximate surface area is 225 Å². The van der Waals surface area contributed by atoms with E-state index in [1.54, 1.807) is 0 Å². The van der Waals surface area contributed by atoms with E-state index < -0.39 is 6.04 Å². The van der Waals surface area contributed by atoms with Crippen molar-refractivity contribution in [3.63, 3.8) is 0 Å². The van der Waals surface area contributed by atoms with Crippen LogP contribution in [-0.4, -0.2) is 73.7 Å². The van der Waals surface area contributed by atoms with Crippen LogP contribution in [0.2, 0.25) is 0 Å². The van der Waals surface area contributed by atoms with Gasteiger partial charge >= 0.3 is 0 Å². The highest BCUT2D eigenvalue weighted by Gasteiger charge is 2.26. The van der Waals surface area contributed by atoms with E-state index >= 15 is 0 Å². The van der Waals surface area contributed by atoms with Gasteiger partial charge in [-0.05, 0) is 77.4 Å². The molecule has 0 heterocycles. The lowest BCUT2D eigenvalue weighted by atomic mass is 9.88. The monoisotopic (exact) mass is 537 g/mol. The summed E-state index contributed by atoms with van der Waals surface area (Å²) < 4.78 is 5.11. The molecule has 2 aliphatic rings. The maximum absolute atomic E-state index is 13.1. The van der Waals surface area contributed by atoms with Gasteiger partial charge in [-0.1, -0.05) is 0 Å². The van der Waals surface area contributed by atoms with Crippen LogP contribution in [0.4, 0.5) is 0 Å². The molecule has 2 aliphatic carbocycles. The molecule has 11 heteroatoms. The molecule has 0 radical (unpaired) electrons. The fourth-order valence-electron chi connectivity index (χ4n) is 4.17. The molecule has 3 amide bonds. The molecule has 0 saturated heterocycles. The first kappa shape index (κ1) is 30.7. The van der Waals surface area contributed by atoms with E-state index in [1.807, 2.05) is 20.8 Å². The second-order valence-corrected chi connectivity index (χ2v) is 10.1. The number of ketones is 1. The molecule has 0 aliphatic heterocycles. The number of ether oxygens (including phenoxy) is 1. The number of rotatable bonds is 16. The van der Waals surface area contributed by atoms with E-state index in [9.17, 15) is 19.2 Å². The first-order valence-corrected chi connectivity index (χ1v) is 13.7. The number of hydrogen-bond acceptors (Lipinski definition) is 8. The lowest BCUT2D eigenvalue weighted by Gasteiger charge is -2.31. The highest BCUT2D eigenvalue weighted by atomic mass is 32.1. The van der Waals surface area contributed by atoms with Gasteiger partial charge < -0.3 is 31.3 Å². The summed E-state index contributed by atoms with van der Waals surface area (Å²) in [4.78, 5) is 47.8. The zero-order valence-corrected chi connectivity index (χ0v) is 23.4. The predicted octanol–water partition coefficient (Wildman–Crippen LogP) is 1.09. The van der Waals surface area contributed by atoms with E-state index in [2.05, 4.69) is 39.2 Å². The lowest BCUT2D eigenvalue weighted by molar-refractivity contribution is -0.129. The molecule has 0 aromatic carbocycles. The highest BCUT2D eigenvalue weighted by molar-refractivity contribution is 7.81. The van der Waals surface area contributed by atoms with Crippen LogP contribution in [0, 0.1) is 0 Å². The average Bonchev–Trinajstić information content (AvgIpc) is 2.77. The van der Waals surface area contributed by atoms with E-state index in [1.165, 1.54) is 18.1 Å². The third kappa shape index (κ3) is 10.4. The van der Waals surface area contributed by atoms with Crippen molar-refractivity contribution in [2.45, 2.75) is 84.3 Å². The van der Waals surface area contributed by atoms with Gasteiger partial charge in [0.1, 0.15) is 19.3 Å². The van der Waals surface area contributed by atoms with Gasteiger partial charge in [-0.3, -0.25) is 19.2 Å². The second kappa shape index (κ2) is 15.7. The Morgan fingerprint density at radius 3 is 1.86 bits per heavy atom. The number of allylic oxidation sites excluding steroid dienone is 2. The normalized spacial score (nSPS) is 16.8. The van der Waals surface area contributed by atoms with E-state index in [0.29, 0.717) is 13.1 Å². The van der Waals surface area contributed by atoms with Gasteiger partial charge in [0.05, 0.1) is 17.8 Å². The third-order valence-electron chi connectivity index (χ3n) is 6.49. The van der Waals surface area contributed by atoms with Crippen LogP contribution in [0.15, 0.2) is 22.5 Å². The molecular formula is C26H43N5O5S. The Balaban J connectivity index is 1.93. The van der Waals surface area contributed by atoms with Crippen molar-refractivity contribution in [2.24, 2.45) is 0 Å². The van der Waals surface area contributed by atoms with Gasteiger partial charge in [-0.2, -0.15) is 12.6 Å². The van der Waals surface area contributed by atoms with Crippen molar-refractivity contribution in [1.29, 1.82) is 0 Å². The van der Waals surface area contributed by atoms with Crippen LogP contribution >= 0.6 is 12.6 Å². The van der Waals surface area contributed by atoms with Crippen molar-refractivity contribution in [3.05, 3.63) is 22.5 Å². The number of nitrogens with one attached hydrogen (secondary N) is 5. The smallest absolute Gasteiger partial charge is 0.246 e. The van der Waals surface area contributed by atoms with Gasteiger partial charge in [0.2, 0.25) is 17.7 Å². The summed E-state index contributed by atoms with van der Waals surface area (Å²) in [5.41, 5.74) is 4.37. The Morgan fingerprint density at radius 1 is 0.757 bits per heavy atom. The van der Waals surface area contributed by atoms with Gasteiger partial charge in [0.15, 0.2) is 5.78 Å². The summed E-state index contributed by atoms with van der Waals surface area (Å²) in [6.45, 7) is 7.80. The van der Waals surface area contributed by atoms with Gasteiger partial charge in [0.25, 0.3) is 0 Å². The maximum Gasteiger partial charge on any atom is 0.246 e. The van der Waals surface area contributed by atoms with Gasteiger partial charge in [0, 0.05) is 24.5 Å². The minimum absolute atomic E-state index is 0.0965. The summed E-state index contributed by atoms with van der Waals surface area (Å²) in [5, 5.41) is 15.5. The van der Waals surface area contributed by atoms with Crippen LogP contribution in [0.1, 0.15) is 66.2 Å². The summed E-state index contributed by atoms with van der Waals surface area (Å²) >= 11 is 3.96. The van der Waals surface area contributed by atoms with Crippen molar-refractivity contribution < 1.29 is 23.9 Å². The Bertz CT molecular complexity index is 892. The molecule has 37 heavy (non-hydrogen) atoms. The van der Waals surface area contributed by atoms with Crippen molar-refractivity contribution >= 4 is 36.1 Å². The molecule has 5 N–H and O–H groups in total. The summed E-state index contributed by atoms with van der Waals surface area (Å²) in [6, 6.07) is -1.04. The minimum atomic E-state index is -0.513. The summed E-state index contributed by atoms with van der Waals surface area (Å²) in [5.74, 6) is -0.558. The van der Waals surface area contributed by atoms with E-state index in [0.717, 1.165) is 49.9 Å². The quantitative estimate of drug-likeness (QED) is 0.128. The summed E-state index contributed by atoms with van der Waals surface area (Å²) in [6.07, 6.45) is 6.08. The van der Waals surface area contributed by atoms with Crippen LogP contribution in [0.25, 0.3) is 0 Å². The zero-order chi connectivity index (χ0) is 27.4. The first-order chi connectivity index (χ1) is 17.6. The topological polar surface area (TPSA) is 138 Å². The molecular weight excluding hydrogens is 494 g/mol. The fourth-order valence-corrected chi connectivity index (χ4v) is 4.28. The van der Waals surface area contributed by atoms with Crippen LogP contribution in [0.3, 0.4) is 0 Å². The zero-order valence-electron chi connectivity index (χ0n) is 22.5. The number of carbonyl (C=O) groups is 4. The van der Waals surface area contributed by atoms with E-state index in [-0.39, 0.29) is 54.6 Å². The van der Waals surface area contributed by atoms with Crippen LogP contribution in [-0.2, 0) is 23.9 Å². The van der Waals surface area contributed by atoms with Crippen LogP contribution in [0.5, 0.6) is 0 Å². The molecule has 0 aromatic rings. The average molecular weight is 538 g/mol. The molecule has 3 unspecified atom stereocenters.